The Balaban J connectivity index is 0.00000160. The summed E-state index contributed by atoms with van der Waals surface area (Å²) in [6, 6.07) is 16.0. The zero-order chi connectivity index (χ0) is 19.3. The van der Waals surface area contributed by atoms with Crippen molar-refractivity contribution in [2.45, 2.75) is 31.7 Å². The van der Waals surface area contributed by atoms with Gasteiger partial charge in [-0.05, 0) is 62.4 Å². The lowest BCUT2D eigenvalue weighted by Crippen LogP contribution is -2.45. The van der Waals surface area contributed by atoms with E-state index in [1.54, 1.807) is 7.11 Å². The lowest BCUT2D eigenvalue weighted by molar-refractivity contribution is 0.0706. The highest BCUT2D eigenvalue weighted by Gasteiger charge is 2.27. The van der Waals surface area contributed by atoms with Gasteiger partial charge in [0.05, 0.1) is 18.4 Å². The van der Waals surface area contributed by atoms with Gasteiger partial charge in [-0.1, -0.05) is 18.2 Å². The molecule has 5 nitrogen and oxygen atoms in total. The lowest BCUT2D eigenvalue weighted by Gasteiger charge is -2.33. The van der Waals surface area contributed by atoms with Crippen molar-refractivity contribution in [3.8, 4) is 5.75 Å². The van der Waals surface area contributed by atoms with Gasteiger partial charge in [0.1, 0.15) is 5.75 Å². The van der Waals surface area contributed by atoms with Gasteiger partial charge in [0.2, 0.25) is 0 Å². The zero-order valence-electron chi connectivity index (χ0n) is 17.3. The van der Waals surface area contributed by atoms with E-state index in [0.717, 1.165) is 61.1 Å². The summed E-state index contributed by atoms with van der Waals surface area (Å²) in [6.45, 7) is 2.77. The Morgan fingerprint density at radius 1 is 1.03 bits per heavy atom. The van der Waals surface area contributed by atoms with Gasteiger partial charge in [-0.2, -0.15) is 0 Å². The second-order valence-corrected chi connectivity index (χ2v) is 7.82. The van der Waals surface area contributed by atoms with Crippen LogP contribution in [-0.4, -0.2) is 43.6 Å². The molecule has 0 spiro atoms. The number of likely N-dealkylation sites (tertiary alicyclic amines) is 1. The van der Waals surface area contributed by atoms with Crippen molar-refractivity contribution < 1.29 is 9.53 Å². The fourth-order valence-corrected chi connectivity index (χ4v) is 3.75. The minimum absolute atomic E-state index is 0. The molecule has 2 aliphatic rings. The molecule has 2 aromatic carbocycles. The number of benzene rings is 2. The van der Waals surface area contributed by atoms with Crippen LogP contribution in [0.4, 0.5) is 11.4 Å². The maximum atomic E-state index is 13.2. The van der Waals surface area contributed by atoms with E-state index in [1.807, 2.05) is 53.4 Å². The van der Waals surface area contributed by atoms with Crippen molar-refractivity contribution in [2.75, 3.05) is 32.1 Å². The van der Waals surface area contributed by atoms with Crippen LogP contribution >= 0.6 is 24.8 Å². The van der Waals surface area contributed by atoms with E-state index in [4.69, 9.17) is 4.74 Å². The Morgan fingerprint density at radius 3 is 2.47 bits per heavy atom. The fourth-order valence-electron chi connectivity index (χ4n) is 3.75. The number of ether oxygens (including phenoxy) is 1. The minimum Gasteiger partial charge on any atom is -0.497 e. The summed E-state index contributed by atoms with van der Waals surface area (Å²) < 4.78 is 5.29. The number of nitrogens with zero attached hydrogens (tertiary/aromatic N) is 1. The maximum absolute atomic E-state index is 13.2. The van der Waals surface area contributed by atoms with Gasteiger partial charge in [-0.25, -0.2) is 0 Å². The Bertz CT molecular complexity index is 822. The van der Waals surface area contributed by atoms with E-state index in [2.05, 4.69) is 10.6 Å². The number of para-hydroxylation sites is 1. The number of carbonyl (C=O) groups is 1. The molecule has 0 radical (unpaired) electrons. The molecule has 2 N–H and O–H groups in total. The van der Waals surface area contributed by atoms with E-state index in [1.165, 1.54) is 12.8 Å². The molecule has 2 aromatic rings. The van der Waals surface area contributed by atoms with Gasteiger partial charge in [0.15, 0.2) is 0 Å². The van der Waals surface area contributed by atoms with Crippen molar-refractivity contribution >= 4 is 42.1 Å². The van der Waals surface area contributed by atoms with Gasteiger partial charge in [0, 0.05) is 30.9 Å². The summed E-state index contributed by atoms with van der Waals surface area (Å²) in [5.74, 6) is 1.79. The third-order valence-electron chi connectivity index (χ3n) is 5.68. The van der Waals surface area contributed by atoms with E-state index in [9.17, 15) is 4.79 Å². The minimum atomic E-state index is 0. The molecule has 2 fully saturated rings. The molecule has 1 aliphatic carbocycles. The number of anilines is 2. The standard InChI is InChI=1S/C23H29N3O2.2ClH/c1-28-20-6-4-5-19(15-20)25-22-8-3-2-7-21(22)23(27)26-13-11-18(12-14-26)24-16-17-9-10-17;;/h2-8,15,17-18,24-25H,9-14,16H2,1H3;2*1H. The quantitative estimate of drug-likeness (QED) is 0.629. The Labute approximate surface area is 191 Å². The van der Waals surface area contributed by atoms with E-state index >= 15 is 0 Å². The molecule has 164 valence electrons. The second kappa shape index (κ2) is 11.4. The highest BCUT2D eigenvalue weighted by atomic mass is 35.5. The number of methoxy groups -OCH3 is 1. The van der Waals surface area contributed by atoms with Crippen molar-refractivity contribution in [3.63, 3.8) is 0 Å². The number of halogens is 2. The molecule has 1 saturated carbocycles. The van der Waals surface area contributed by atoms with Crippen molar-refractivity contribution in [2.24, 2.45) is 5.92 Å². The Hall–Kier alpha value is -1.95. The molecule has 1 saturated heterocycles. The van der Waals surface area contributed by atoms with Gasteiger partial charge >= 0.3 is 0 Å². The number of hydrogen-bond donors (Lipinski definition) is 2. The van der Waals surface area contributed by atoms with E-state index in [0.29, 0.717) is 6.04 Å². The van der Waals surface area contributed by atoms with Gasteiger partial charge in [0.25, 0.3) is 5.91 Å². The number of amides is 1. The number of piperidine rings is 1. The molecule has 0 aromatic heterocycles. The Kier molecular flexibility index (Phi) is 9.28. The van der Waals surface area contributed by atoms with Crippen molar-refractivity contribution in [1.82, 2.24) is 10.2 Å². The molecular weight excluding hydrogens is 421 g/mol. The molecule has 1 heterocycles. The summed E-state index contributed by atoms with van der Waals surface area (Å²) >= 11 is 0. The van der Waals surface area contributed by atoms with E-state index < -0.39 is 0 Å². The monoisotopic (exact) mass is 451 g/mol. The average molecular weight is 452 g/mol. The van der Waals surface area contributed by atoms with Crippen LogP contribution in [0.15, 0.2) is 48.5 Å². The number of nitrogens with one attached hydrogen (secondary N) is 2. The molecule has 30 heavy (non-hydrogen) atoms. The third-order valence-corrected chi connectivity index (χ3v) is 5.68. The summed E-state index contributed by atoms with van der Waals surface area (Å²) in [5, 5.41) is 7.05. The molecule has 0 bridgehead atoms. The topological polar surface area (TPSA) is 53.6 Å². The first-order valence-electron chi connectivity index (χ1n) is 10.3. The van der Waals surface area contributed by atoms with Gasteiger partial charge in [-0.3, -0.25) is 4.79 Å². The summed E-state index contributed by atoms with van der Waals surface area (Å²) in [4.78, 5) is 15.1. The first-order valence-corrected chi connectivity index (χ1v) is 10.3. The summed E-state index contributed by atoms with van der Waals surface area (Å²) in [5.41, 5.74) is 2.45. The van der Waals surface area contributed by atoms with Crippen LogP contribution in [0, 0.1) is 5.92 Å². The van der Waals surface area contributed by atoms with Crippen LogP contribution in [0.5, 0.6) is 5.75 Å². The predicted molar refractivity (Wildman–Crippen MR) is 127 cm³/mol. The van der Waals surface area contributed by atoms with Crippen LogP contribution < -0.4 is 15.4 Å². The second-order valence-electron chi connectivity index (χ2n) is 7.82. The third kappa shape index (κ3) is 6.27. The fraction of sp³-hybridized carbons (Fsp3) is 0.435. The number of rotatable bonds is 7. The molecule has 0 unspecified atom stereocenters. The first-order chi connectivity index (χ1) is 13.7. The highest BCUT2D eigenvalue weighted by Crippen LogP contribution is 2.29. The summed E-state index contributed by atoms with van der Waals surface area (Å²) in [6.07, 6.45) is 4.82. The molecule has 7 heteroatoms. The largest absolute Gasteiger partial charge is 0.497 e. The zero-order valence-corrected chi connectivity index (χ0v) is 18.9. The van der Waals surface area contributed by atoms with Crippen LogP contribution in [-0.2, 0) is 0 Å². The SMILES string of the molecule is COc1cccc(Nc2ccccc2C(=O)N2CCC(NCC3CC3)CC2)c1.Cl.Cl. The molecule has 0 atom stereocenters. The van der Waals surface area contributed by atoms with Crippen LogP contribution in [0.1, 0.15) is 36.0 Å². The molecule has 1 aliphatic heterocycles. The summed E-state index contributed by atoms with van der Waals surface area (Å²) in [7, 11) is 1.65. The van der Waals surface area contributed by atoms with Crippen molar-refractivity contribution in [1.29, 1.82) is 0 Å². The Morgan fingerprint density at radius 2 is 1.77 bits per heavy atom. The van der Waals surface area contributed by atoms with Gasteiger partial charge < -0.3 is 20.3 Å². The number of hydrogen-bond acceptors (Lipinski definition) is 4. The molecular formula is C23H31Cl2N3O2. The molecule has 1 amide bonds. The first kappa shape index (κ1) is 24.3. The maximum Gasteiger partial charge on any atom is 0.255 e. The molecule has 4 rings (SSSR count). The van der Waals surface area contributed by atoms with Crippen molar-refractivity contribution in [3.05, 3.63) is 54.1 Å². The lowest BCUT2D eigenvalue weighted by atomic mass is 10.0. The number of carbonyl (C=O) groups excluding carboxylic acids is 1. The van der Waals surface area contributed by atoms with Crippen LogP contribution in [0.2, 0.25) is 0 Å². The van der Waals surface area contributed by atoms with E-state index in [-0.39, 0.29) is 30.7 Å². The smallest absolute Gasteiger partial charge is 0.255 e. The predicted octanol–water partition coefficient (Wildman–Crippen LogP) is 4.89. The van der Waals surface area contributed by atoms with Crippen LogP contribution in [0.3, 0.4) is 0 Å². The van der Waals surface area contributed by atoms with Gasteiger partial charge in [-0.15, -0.1) is 24.8 Å². The van der Waals surface area contributed by atoms with Crippen LogP contribution in [0.25, 0.3) is 0 Å². The average Bonchev–Trinajstić information content (AvgIpc) is 3.57. The highest BCUT2D eigenvalue weighted by molar-refractivity contribution is 6.00. The normalized spacial score (nSPS) is 16.2.